The molecule has 0 atom stereocenters. The van der Waals surface area contributed by atoms with Gasteiger partial charge in [0.25, 0.3) is 0 Å². The molecule has 6 heteroatoms. The monoisotopic (exact) mass is 337 g/mol. The van der Waals surface area contributed by atoms with Gasteiger partial charge in [-0.05, 0) is 48.0 Å². The zero-order valence-corrected chi connectivity index (χ0v) is 14.1. The van der Waals surface area contributed by atoms with E-state index in [0.29, 0.717) is 11.5 Å². The summed E-state index contributed by atoms with van der Waals surface area (Å²) in [7, 11) is 3.15. The van der Waals surface area contributed by atoms with Crippen molar-refractivity contribution >= 4 is 11.6 Å². The lowest BCUT2D eigenvalue weighted by Gasteiger charge is -2.10. The van der Waals surface area contributed by atoms with Crippen molar-refractivity contribution in [1.82, 2.24) is 9.78 Å². The van der Waals surface area contributed by atoms with E-state index in [2.05, 4.69) is 10.4 Å². The smallest absolute Gasteiger partial charge is 0.228 e. The van der Waals surface area contributed by atoms with Gasteiger partial charge in [-0.2, -0.15) is 5.10 Å². The number of carbonyl (C=O) groups is 1. The van der Waals surface area contributed by atoms with Gasteiger partial charge in [-0.3, -0.25) is 4.79 Å². The Morgan fingerprint density at radius 1 is 1.08 bits per heavy atom. The van der Waals surface area contributed by atoms with Gasteiger partial charge in [0, 0.05) is 18.1 Å². The molecule has 1 aromatic heterocycles. The van der Waals surface area contributed by atoms with Gasteiger partial charge in [-0.1, -0.05) is 6.07 Å². The zero-order chi connectivity index (χ0) is 17.6. The average molecular weight is 337 g/mol. The molecule has 0 fully saturated rings. The molecule has 1 N–H and O–H groups in total. The van der Waals surface area contributed by atoms with Crippen LogP contribution in [0.3, 0.4) is 0 Å². The van der Waals surface area contributed by atoms with Crippen molar-refractivity contribution in [3.8, 4) is 17.2 Å². The number of benzene rings is 2. The fourth-order valence-corrected chi connectivity index (χ4v) is 2.50. The van der Waals surface area contributed by atoms with E-state index in [4.69, 9.17) is 9.47 Å². The number of nitrogens with zero attached hydrogens (tertiary/aromatic N) is 2. The number of amides is 1. The third-order valence-corrected chi connectivity index (χ3v) is 3.73. The largest absolute Gasteiger partial charge is 0.493 e. The summed E-state index contributed by atoms with van der Waals surface area (Å²) in [6.07, 6.45) is 3.84. The van der Waals surface area contributed by atoms with E-state index in [0.717, 1.165) is 16.9 Å². The van der Waals surface area contributed by atoms with Crippen molar-refractivity contribution in [3.63, 3.8) is 0 Å². The Morgan fingerprint density at radius 3 is 2.48 bits per heavy atom. The molecule has 0 saturated carbocycles. The topological polar surface area (TPSA) is 65.4 Å². The summed E-state index contributed by atoms with van der Waals surface area (Å²) in [5.41, 5.74) is 2.52. The van der Waals surface area contributed by atoms with Gasteiger partial charge in [0.1, 0.15) is 0 Å². The van der Waals surface area contributed by atoms with Crippen LogP contribution in [0.5, 0.6) is 11.5 Å². The minimum Gasteiger partial charge on any atom is -0.493 e. The van der Waals surface area contributed by atoms with Crippen LogP contribution >= 0.6 is 0 Å². The van der Waals surface area contributed by atoms with Crippen LogP contribution in [0.2, 0.25) is 0 Å². The molecule has 3 rings (SSSR count). The summed E-state index contributed by atoms with van der Waals surface area (Å²) in [5, 5.41) is 7.06. The molecule has 0 unspecified atom stereocenters. The minimum absolute atomic E-state index is 0.0981. The quantitative estimate of drug-likeness (QED) is 0.751. The third kappa shape index (κ3) is 3.98. The Kier molecular flexibility index (Phi) is 4.99. The van der Waals surface area contributed by atoms with Crippen molar-refractivity contribution in [2.24, 2.45) is 0 Å². The highest BCUT2D eigenvalue weighted by Gasteiger charge is 2.09. The van der Waals surface area contributed by atoms with Crippen molar-refractivity contribution < 1.29 is 14.3 Å². The molecule has 3 aromatic rings. The molecule has 6 nitrogen and oxygen atoms in total. The number of hydrogen-bond acceptors (Lipinski definition) is 4. The fraction of sp³-hybridized carbons (Fsp3) is 0.158. The number of nitrogens with one attached hydrogen (secondary N) is 1. The number of carbonyl (C=O) groups excluding carboxylic acids is 1. The van der Waals surface area contributed by atoms with Gasteiger partial charge >= 0.3 is 0 Å². The van der Waals surface area contributed by atoms with E-state index in [1.165, 1.54) is 0 Å². The van der Waals surface area contributed by atoms with Crippen LogP contribution in [-0.2, 0) is 11.2 Å². The maximum Gasteiger partial charge on any atom is 0.228 e. The first-order valence-electron chi connectivity index (χ1n) is 7.80. The summed E-state index contributed by atoms with van der Waals surface area (Å²) in [4.78, 5) is 12.2. The number of methoxy groups -OCH3 is 2. The highest BCUT2D eigenvalue weighted by Crippen LogP contribution is 2.27. The van der Waals surface area contributed by atoms with Crippen LogP contribution in [0.25, 0.3) is 5.69 Å². The Hall–Kier alpha value is -3.28. The summed E-state index contributed by atoms with van der Waals surface area (Å²) in [5.74, 6) is 1.15. The van der Waals surface area contributed by atoms with Gasteiger partial charge in [-0.15, -0.1) is 0 Å². The van der Waals surface area contributed by atoms with Crippen LogP contribution in [0.4, 0.5) is 5.69 Å². The molecule has 0 aliphatic rings. The van der Waals surface area contributed by atoms with Gasteiger partial charge in [0.2, 0.25) is 5.91 Å². The lowest BCUT2D eigenvalue weighted by molar-refractivity contribution is -0.115. The van der Waals surface area contributed by atoms with Crippen LogP contribution in [-0.4, -0.2) is 29.9 Å². The standard InChI is InChI=1S/C19H19N3O3/c1-24-17-9-4-14(12-18(17)25-2)13-19(23)21-15-5-7-16(8-6-15)22-11-3-10-20-22/h3-12H,13H2,1-2H3,(H,21,23). The first kappa shape index (κ1) is 16.6. The molecule has 0 aliphatic heterocycles. The van der Waals surface area contributed by atoms with Crippen LogP contribution < -0.4 is 14.8 Å². The van der Waals surface area contributed by atoms with Crippen molar-refractivity contribution in [2.75, 3.05) is 19.5 Å². The molecule has 0 aliphatic carbocycles. The molecule has 0 spiro atoms. The number of aromatic nitrogens is 2. The number of rotatable bonds is 6. The third-order valence-electron chi connectivity index (χ3n) is 3.73. The second-order valence-electron chi connectivity index (χ2n) is 5.41. The fourth-order valence-electron chi connectivity index (χ4n) is 2.50. The van der Waals surface area contributed by atoms with Gasteiger partial charge < -0.3 is 14.8 Å². The first-order chi connectivity index (χ1) is 12.2. The molecule has 25 heavy (non-hydrogen) atoms. The molecular formula is C19H19N3O3. The van der Waals surface area contributed by atoms with E-state index in [9.17, 15) is 4.79 Å². The van der Waals surface area contributed by atoms with Gasteiger partial charge in [-0.25, -0.2) is 4.68 Å². The summed E-state index contributed by atoms with van der Waals surface area (Å²) < 4.78 is 12.2. The normalized spacial score (nSPS) is 10.3. The zero-order valence-electron chi connectivity index (χ0n) is 14.1. The second kappa shape index (κ2) is 7.53. The predicted octanol–water partition coefficient (Wildman–Crippen LogP) is 3.07. The van der Waals surface area contributed by atoms with Crippen molar-refractivity contribution in [1.29, 1.82) is 0 Å². The lowest BCUT2D eigenvalue weighted by atomic mass is 10.1. The SMILES string of the molecule is COc1ccc(CC(=O)Nc2ccc(-n3cccn3)cc2)cc1OC. The van der Waals surface area contributed by atoms with Crippen molar-refractivity contribution in [2.45, 2.75) is 6.42 Å². The Morgan fingerprint density at radius 2 is 1.84 bits per heavy atom. The first-order valence-corrected chi connectivity index (χ1v) is 7.80. The highest BCUT2D eigenvalue weighted by atomic mass is 16.5. The van der Waals surface area contributed by atoms with E-state index in [-0.39, 0.29) is 12.3 Å². The van der Waals surface area contributed by atoms with E-state index in [1.54, 1.807) is 37.2 Å². The predicted molar refractivity (Wildman–Crippen MR) is 95.4 cm³/mol. The second-order valence-corrected chi connectivity index (χ2v) is 5.41. The molecule has 1 heterocycles. The molecular weight excluding hydrogens is 318 g/mol. The van der Waals surface area contributed by atoms with E-state index < -0.39 is 0 Å². The average Bonchev–Trinajstić information content (AvgIpc) is 3.17. The molecule has 0 saturated heterocycles. The lowest BCUT2D eigenvalue weighted by Crippen LogP contribution is -2.14. The van der Waals surface area contributed by atoms with Crippen LogP contribution in [0, 0.1) is 0 Å². The molecule has 2 aromatic carbocycles. The summed E-state index contributed by atoms with van der Waals surface area (Å²) >= 11 is 0. The molecule has 0 bridgehead atoms. The number of ether oxygens (including phenoxy) is 2. The maximum absolute atomic E-state index is 12.2. The van der Waals surface area contributed by atoms with Crippen molar-refractivity contribution in [3.05, 3.63) is 66.5 Å². The Bertz CT molecular complexity index is 843. The number of anilines is 1. The van der Waals surface area contributed by atoms with Gasteiger partial charge in [0.05, 0.1) is 26.3 Å². The van der Waals surface area contributed by atoms with Gasteiger partial charge in [0.15, 0.2) is 11.5 Å². The van der Waals surface area contributed by atoms with Crippen LogP contribution in [0.1, 0.15) is 5.56 Å². The maximum atomic E-state index is 12.2. The van der Waals surface area contributed by atoms with E-state index >= 15 is 0 Å². The molecule has 1 amide bonds. The molecule has 128 valence electrons. The minimum atomic E-state index is -0.0981. The van der Waals surface area contributed by atoms with E-state index in [1.807, 2.05) is 42.6 Å². The van der Waals surface area contributed by atoms with Crippen LogP contribution in [0.15, 0.2) is 60.9 Å². The Balaban J connectivity index is 1.64. The molecule has 0 radical (unpaired) electrons. The summed E-state index contributed by atoms with van der Waals surface area (Å²) in [6, 6.07) is 14.8. The highest BCUT2D eigenvalue weighted by molar-refractivity contribution is 5.92. The Labute approximate surface area is 146 Å². The summed E-state index contributed by atoms with van der Waals surface area (Å²) in [6.45, 7) is 0. The number of hydrogen-bond donors (Lipinski definition) is 1.